The Kier molecular flexibility index (Phi) is 9.27. The number of fused-ring (bicyclic) bond motifs is 1. The summed E-state index contributed by atoms with van der Waals surface area (Å²) in [6.07, 6.45) is -2.00. The molecular weight excluding hydrogens is 560 g/mol. The molecule has 0 saturated heterocycles. The minimum absolute atomic E-state index is 0. The summed E-state index contributed by atoms with van der Waals surface area (Å²) in [7, 11) is 0. The minimum Gasteiger partial charge on any atom is -0.478 e. The number of anilines is 2. The fraction of sp³-hybridized carbons (Fsp3) is 0.393. The molecule has 4 aromatic rings. The van der Waals surface area contributed by atoms with E-state index in [1.165, 1.54) is 18.2 Å². The lowest BCUT2D eigenvalue weighted by Gasteiger charge is -2.21. The molecule has 0 radical (unpaired) electrons. The summed E-state index contributed by atoms with van der Waals surface area (Å²) in [6, 6.07) is 6.55. The maximum Gasteiger partial charge on any atom is 0.225 e. The van der Waals surface area contributed by atoms with Crippen molar-refractivity contribution < 1.29 is 33.3 Å². The largest absolute Gasteiger partial charge is 0.478 e. The number of nitrogens with one attached hydrogen (secondary N) is 2. The van der Waals surface area contributed by atoms with Crippen molar-refractivity contribution in [2.75, 3.05) is 23.8 Å². The van der Waals surface area contributed by atoms with Gasteiger partial charge in [-0.25, -0.2) is 18.7 Å². The quantitative estimate of drug-likeness (QED) is 0.193. The van der Waals surface area contributed by atoms with Gasteiger partial charge in [-0.15, -0.1) is 12.4 Å². The number of hydrogen-bond donors (Lipinski definition) is 5. The molecule has 0 bridgehead atoms. The van der Waals surface area contributed by atoms with Crippen LogP contribution < -0.4 is 15.4 Å². The molecule has 1 aromatic carbocycles. The second-order valence-electron chi connectivity index (χ2n) is 9.83. The summed E-state index contributed by atoms with van der Waals surface area (Å²) in [4.78, 5) is 13.5. The van der Waals surface area contributed by atoms with E-state index in [2.05, 4.69) is 25.6 Å². The highest BCUT2D eigenvalue weighted by Gasteiger charge is 2.41. The summed E-state index contributed by atoms with van der Waals surface area (Å²) < 4.78 is 40.1. The van der Waals surface area contributed by atoms with Gasteiger partial charge in [0.15, 0.2) is 5.58 Å². The highest BCUT2D eigenvalue weighted by atomic mass is 35.5. The molecule has 5 N–H and O–H groups in total. The van der Waals surface area contributed by atoms with Gasteiger partial charge < -0.3 is 35.1 Å². The fourth-order valence-corrected chi connectivity index (χ4v) is 5.07. The van der Waals surface area contributed by atoms with Crippen molar-refractivity contribution >= 4 is 35.1 Å². The molecule has 4 atom stereocenters. The predicted molar refractivity (Wildman–Crippen MR) is 151 cm³/mol. The molecule has 1 saturated carbocycles. The Morgan fingerprint density at radius 1 is 1.05 bits per heavy atom. The number of aromatic nitrogens is 3. The lowest BCUT2D eigenvalue weighted by Crippen LogP contribution is -2.35. The molecule has 220 valence electrons. The zero-order valence-corrected chi connectivity index (χ0v) is 23.5. The zero-order valence-electron chi connectivity index (χ0n) is 22.7. The molecule has 1 fully saturated rings. The van der Waals surface area contributed by atoms with Crippen LogP contribution in [0.2, 0.25) is 0 Å². The molecule has 1 aliphatic carbocycles. The van der Waals surface area contributed by atoms with Crippen LogP contribution in [0, 0.1) is 31.4 Å². The SMILES string of the molecule is CCOc1cc2cc(-c3c(C)nc(NCc4c(F)cccc4F)nc3N[C@@H]3C[C@H](CO)[C@@H](O)[C@H]3O)oc2c(C)n1.Cl. The normalized spacial score (nSPS) is 20.2. The predicted octanol–water partition coefficient (Wildman–Crippen LogP) is 4.13. The highest BCUT2D eigenvalue weighted by molar-refractivity contribution is 5.88. The average molecular weight is 592 g/mol. The maximum atomic E-state index is 14.2. The number of ether oxygens (including phenoxy) is 1. The second-order valence-corrected chi connectivity index (χ2v) is 9.83. The van der Waals surface area contributed by atoms with Crippen LogP contribution >= 0.6 is 12.4 Å². The number of aryl methyl sites for hydroxylation is 2. The van der Waals surface area contributed by atoms with Crippen molar-refractivity contribution in [3.8, 4) is 17.2 Å². The number of aliphatic hydroxyl groups is 3. The highest BCUT2D eigenvalue weighted by Crippen LogP contribution is 2.38. The summed E-state index contributed by atoms with van der Waals surface area (Å²) >= 11 is 0. The van der Waals surface area contributed by atoms with Crippen molar-refractivity contribution in [2.45, 2.75) is 52.0 Å². The van der Waals surface area contributed by atoms with Crippen molar-refractivity contribution in [2.24, 2.45) is 5.92 Å². The van der Waals surface area contributed by atoms with E-state index in [0.29, 0.717) is 40.8 Å². The van der Waals surface area contributed by atoms with Gasteiger partial charge in [0, 0.05) is 36.1 Å². The van der Waals surface area contributed by atoms with E-state index in [1.807, 2.05) is 13.0 Å². The molecule has 13 heteroatoms. The van der Waals surface area contributed by atoms with Crippen LogP contribution in [0.5, 0.6) is 5.88 Å². The molecule has 0 spiro atoms. The molecular formula is C28H32ClF2N5O5. The first-order valence-electron chi connectivity index (χ1n) is 13.0. The van der Waals surface area contributed by atoms with Crippen LogP contribution in [0.1, 0.15) is 30.3 Å². The van der Waals surface area contributed by atoms with Crippen molar-refractivity contribution in [1.82, 2.24) is 15.0 Å². The number of nitrogens with zero attached hydrogens (tertiary/aromatic N) is 3. The van der Waals surface area contributed by atoms with Gasteiger partial charge in [-0.05, 0) is 45.4 Å². The van der Waals surface area contributed by atoms with Gasteiger partial charge >= 0.3 is 0 Å². The van der Waals surface area contributed by atoms with Crippen LogP contribution in [0.3, 0.4) is 0 Å². The number of hydrogen-bond acceptors (Lipinski definition) is 10. The lowest BCUT2D eigenvalue weighted by atomic mass is 10.1. The first-order valence-corrected chi connectivity index (χ1v) is 13.0. The molecule has 41 heavy (non-hydrogen) atoms. The van der Waals surface area contributed by atoms with Crippen molar-refractivity contribution in [1.29, 1.82) is 0 Å². The van der Waals surface area contributed by atoms with Gasteiger partial charge in [-0.3, -0.25) is 0 Å². The van der Waals surface area contributed by atoms with Crippen molar-refractivity contribution in [3.05, 3.63) is 58.9 Å². The van der Waals surface area contributed by atoms with Gasteiger partial charge in [0.2, 0.25) is 11.8 Å². The van der Waals surface area contributed by atoms with Gasteiger partial charge in [0.1, 0.15) is 29.3 Å². The smallest absolute Gasteiger partial charge is 0.225 e. The second kappa shape index (κ2) is 12.5. The molecule has 0 unspecified atom stereocenters. The number of aliphatic hydroxyl groups excluding tert-OH is 3. The summed E-state index contributed by atoms with van der Waals surface area (Å²) in [6.45, 7) is 5.37. The van der Waals surface area contributed by atoms with Gasteiger partial charge in [-0.1, -0.05) is 6.07 Å². The summed E-state index contributed by atoms with van der Waals surface area (Å²) in [5.41, 5.74) is 2.00. The summed E-state index contributed by atoms with van der Waals surface area (Å²) in [5.74, 6) is -0.669. The van der Waals surface area contributed by atoms with E-state index in [0.717, 1.165) is 5.39 Å². The first-order chi connectivity index (χ1) is 19.2. The lowest BCUT2D eigenvalue weighted by molar-refractivity contribution is 0.00446. The van der Waals surface area contributed by atoms with E-state index in [-0.39, 0.29) is 49.3 Å². The number of halogens is 3. The third kappa shape index (κ3) is 6.05. The minimum atomic E-state index is -1.17. The van der Waals surface area contributed by atoms with Gasteiger partial charge in [0.25, 0.3) is 0 Å². The molecule has 0 amide bonds. The Balaban J connectivity index is 0.00000387. The Morgan fingerprint density at radius 2 is 1.78 bits per heavy atom. The Hall–Kier alpha value is -3.58. The fourth-order valence-electron chi connectivity index (χ4n) is 5.07. The standard InChI is InChI=1S/C28H31F2N5O5.ClH/c1-4-39-22-10-15-9-21(40-26(15)14(3)32-22)23-13(2)33-28(31-11-17-18(29)6-5-7-19(17)30)35-27(23)34-20-8-16(12-36)24(37)25(20)38;/h5-7,9-10,16,20,24-25,36-38H,4,8,11-12H2,1-3H3,(H2,31,33,34,35);1H/t16-,20-,24-,25+;/m1./s1. The molecule has 1 aliphatic rings. The zero-order chi connectivity index (χ0) is 28.6. The number of furan rings is 1. The topological polar surface area (TPSA) is 146 Å². The maximum absolute atomic E-state index is 14.2. The molecule has 0 aliphatic heterocycles. The number of rotatable bonds is 9. The molecule has 3 aromatic heterocycles. The Bertz CT molecular complexity index is 1520. The van der Waals surface area contributed by atoms with Crippen molar-refractivity contribution in [3.63, 3.8) is 0 Å². The monoisotopic (exact) mass is 591 g/mol. The van der Waals surface area contributed by atoms with E-state index in [4.69, 9.17) is 9.15 Å². The third-order valence-electron chi connectivity index (χ3n) is 7.12. The number of pyridine rings is 1. The average Bonchev–Trinajstić information content (AvgIpc) is 3.45. The van der Waals surface area contributed by atoms with Crippen LogP contribution in [0.25, 0.3) is 22.3 Å². The number of benzene rings is 1. The molecule has 3 heterocycles. The van der Waals surface area contributed by atoms with Crippen LogP contribution in [0.4, 0.5) is 20.5 Å². The van der Waals surface area contributed by atoms with E-state index in [9.17, 15) is 24.1 Å². The van der Waals surface area contributed by atoms with Gasteiger partial charge in [-0.2, -0.15) is 4.98 Å². The van der Waals surface area contributed by atoms with Crippen LogP contribution in [-0.2, 0) is 6.54 Å². The van der Waals surface area contributed by atoms with Gasteiger partial charge in [0.05, 0.1) is 35.7 Å². The third-order valence-corrected chi connectivity index (χ3v) is 7.12. The first kappa shape index (κ1) is 30.4. The molecule has 5 rings (SSSR count). The Labute approximate surface area is 241 Å². The molecule has 10 nitrogen and oxygen atoms in total. The summed E-state index contributed by atoms with van der Waals surface area (Å²) in [5, 5.41) is 37.4. The van der Waals surface area contributed by atoms with Crippen LogP contribution in [0.15, 0.2) is 34.7 Å². The van der Waals surface area contributed by atoms with E-state index < -0.39 is 35.8 Å². The Morgan fingerprint density at radius 3 is 2.44 bits per heavy atom. The van der Waals surface area contributed by atoms with E-state index in [1.54, 1.807) is 19.9 Å². The van der Waals surface area contributed by atoms with E-state index >= 15 is 0 Å². The van der Waals surface area contributed by atoms with Crippen LogP contribution in [-0.4, -0.2) is 61.7 Å².